The summed E-state index contributed by atoms with van der Waals surface area (Å²) in [4.78, 5) is 19.3. The number of rotatable bonds is 10. The van der Waals surface area contributed by atoms with Crippen LogP contribution in [0.15, 0.2) is 119 Å². The number of benzene rings is 4. The minimum Gasteiger partial charge on any atom is -0.489 e. The van der Waals surface area contributed by atoms with Gasteiger partial charge >= 0.3 is 0 Å². The van der Waals surface area contributed by atoms with E-state index in [4.69, 9.17) is 9.47 Å². The molecule has 0 atom stereocenters. The number of nitriles is 1. The van der Waals surface area contributed by atoms with E-state index in [9.17, 15) is 10.1 Å². The second-order valence-corrected chi connectivity index (χ2v) is 8.76. The Morgan fingerprint density at radius 2 is 1.38 bits per heavy atom. The Morgan fingerprint density at radius 1 is 0.800 bits per heavy atom. The molecule has 0 spiro atoms. The van der Waals surface area contributed by atoms with Crippen molar-refractivity contribution in [3.8, 4) is 28.8 Å². The molecule has 0 aliphatic carbocycles. The van der Waals surface area contributed by atoms with Gasteiger partial charge in [-0.1, -0.05) is 72.8 Å². The van der Waals surface area contributed by atoms with Gasteiger partial charge in [0.1, 0.15) is 36.3 Å². The van der Waals surface area contributed by atoms with Crippen molar-refractivity contribution >= 4 is 12.2 Å². The highest BCUT2D eigenvalue weighted by atomic mass is 16.5. The van der Waals surface area contributed by atoms with E-state index >= 15 is 0 Å². The van der Waals surface area contributed by atoms with Crippen molar-refractivity contribution in [3.05, 3.63) is 142 Å². The quantitative estimate of drug-likeness (QED) is 0.172. The molecule has 0 saturated heterocycles. The molecular formula is C32H25N5O3. The second-order valence-electron chi connectivity index (χ2n) is 8.76. The number of hydrazone groups is 1. The lowest BCUT2D eigenvalue weighted by Crippen LogP contribution is -2.16. The lowest BCUT2D eigenvalue weighted by Gasteiger charge is -2.09. The molecule has 0 aliphatic rings. The summed E-state index contributed by atoms with van der Waals surface area (Å²) in [5.74, 6) is 1.66. The Hall–Kier alpha value is -5.68. The smallest absolute Gasteiger partial charge is 0.270 e. The first-order valence-corrected chi connectivity index (χ1v) is 12.6. The highest BCUT2D eigenvalue weighted by Crippen LogP contribution is 2.20. The van der Waals surface area contributed by atoms with Gasteiger partial charge in [0.25, 0.3) is 5.56 Å². The summed E-state index contributed by atoms with van der Waals surface area (Å²) in [5, 5.41) is 13.6. The Kier molecular flexibility index (Phi) is 8.25. The Morgan fingerprint density at radius 3 is 2.00 bits per heavy atom. The number of aromatic amines is 1. The first-order valence-electron chi connectivity index (χ1n) is 12.6. The Labute approximate surface area is 231 Å². The highest BCUT2D eigenvalue weighted by Gasteiger charge is 2.12. The second kappa shape index (κ2) is 12.7. The van der Waals surface area contributed by atoms with Gasteiger partial charge in [-0.25, -0.2) is 10.4 Å². The molecule has 5 rings (SSSR count). The minimum absolute atomic E-state index is 0.0522. The number of hydrogen-bond donors (Lipinski definition) is 2. The van der Waals surface area contributed by atoms with Crippen LogP contribution >= 0.6 is 0 Å². The van der Waals surface area contributed by atoms with Crippen molar-refractivity contribution in [2.75, 3.05) is 5.43 Å². The summed E-state index contributed by atoms with van der Waals surface area (Å²) >= 11 is 0. The van der Waals surface area contributed by atoms with Crippen molar-refractivity contribution in [2.24, 2.45) is 5.10 Å². The molecule has 0 radical (unpaired) electrons. The monoisotopic (exact) mass is 527 g/mol. The van der Waals surface area contributed by atoms with Crippen LogP contribution in [0, 0.1) is 11.3 Å². The van der Waals surface area contributed by atoms with Gasteiger partial charge in [0.15, 0.2) is 0 Å². The minimum atomic E-state index is -0.537. The Balaban J connectivity index is 1.14. The van der Waals surface area contributed by atoms with Gasteiger partial charge in [0.2, 0.25) is 5.95 Å². The first kappa shape index (κ1) is 25.9. The van der Waals surface area contributed by atoms with Crippen LogP contribution < -0.4 is 20.5 Å². The van der Waals surface area contributed by atoms with Crippen LogP contribution in [0.2, 0.25) is 0 Å². The van der Waals surface area contributed by atoms with E-state index in [2.05, 4.69) is 20.5 Å². The average Bonchev–Trinajstić information content (AvgIpc) is 3.01. The fourth-order valence-electron chi connectivity index (χ4n) is 3.84. The summed E-state index contributed by atoms with van der Waals surface area (Å²) in [6.45, 7) is 0.952. The maximum absolute atomic E-state index is 12.4. The molecule has 1 aromatic heterocycles. The van der Waals surface area contributed by atoms with E-state index in [0.29, 0.717) is 24.5 Å². The first-order chi connectivity index (χ1) is 19.7. The molecule has 8 heteroatoms. The molecular weight excluding hydrogens is 502 g/mol. The number of ether oxygens (including phenoxy) is 2. The summed E-state index contributed by atoms with van der Waals surface area (Å²) in [7, 11) is 0. The molecule has 2 N–H and O–H groups in total. The third-order valence-electron chi connectivity index (χ3n) is 5.92. The van der Waals surface area contributed by atoms with Crippen molar-refractivity contribution < 1.29 is 9.47 Å². The van der Waals surface area contributed by atoms with Crippen LogP contribution in [0.4, 0.5) is 5.95 Å². The highest BCUT2D eigenvalue weighted by molar-refractivity contribution is 5.80. The van der Waals surface area contributed by atoms with Crippen LogP contribution in [0.25, 0.3) is 11.3 Å². The van der Waals surface area contributed by atoms with E-state index in [1.54, 1.807) is 18.3 Å². The van der Waals surface area contributed by atoms with Gasteiger partial charge in [0, 0.05) is 5.56 Å². The predicted octanol–water partition coefficient (Wildman–Crippen LogP) is 5.91. The van der Waals surface area contributed by atoms with Gasteiger partial charge in [-0.15, -0.1) is 0 Å². The number of anilines is 1. The van der Waals surface area contributed by atoms with Crippen molar-refractivity contribution in [2.45, 2.75) is 13.2 Å². The zero-order valence-corrected chi connectivity index (χ0v) is 21.5. The molecule has 0 bridgehead atoms. The normalized spacial score (nSPS) is 10.7. The average molecular weight is 528 g/mol. The number of nitrogens with one attached hydrogen (secondary N) is 2. The standard InChI is InChI=1S/C32H25N5O3/c33-19-29-30(26-9-5-2-6-10-26)35-32(36-31(29)38)37-34-20-23-11-15-27(16-12-23)40-22-25-13-17-28(18-14-25)39-21-24-7-3-1-4-8-24/h1-18,20H,21-22H2,(H2,35,36,37,38). The van der Waals surface area contributed by atoms with Crippen LogP contribution in [0.1, 0.15) is 22.3 Å². The fraction of sp³-hybridized carbons (Fsp3) is 0.0625. The molecule has 1 heterocycles. The number of aromatic nitrogens is 2. The zero-order chi connectivity index (χ0) is 27.6. The van der Waals surface area contributed by atoms with Crippen molar-refractivity contribution in [3.63, 3.8) is 0 Å². The SMILES string of the molecule is N#Cc1c(-c2ccccc2)nc(NN=Cc2ccc(OCc3ccc(OCc4ccccc4)cc3)cc2)[nH]c1=O. The molecule has 0 fully saturated rings. The topological polar surface area (TPSA) is 112 Å². The molecule has 40 heavy (non-hydrogen) atoms. The molecule has 0 aliphatic heterocycles. The Bertz CT molecular complexity index is 1680. The number of nitrogens with zero attached hydrogens (tertiary/aromatic N) is 3. The summed E-state index contributed by atoms with van der Waals surface area (Å²) in [6.07, 6.45) is 1.60. The lowest BCUT2D eigenvalue weighted by atomic mass is 10.1. The maximum Gasteiger partial charge on any atom is 0.270 e. The molecule has 8 nitrogen and oxygen atoms in total. The molecule has 0 saturated carbocycles. The van der Waals surface area contributed by atoms with Crippen LogP contribution in [-0.4, -0.2) is 16.2 Å². The van der Waals surface area contributed by atoms with Gasteiger partial charge in [-0.2, -0.15) is 10.4 Å². The third kappa shape index (κ3) is 6.79. The fourth-order valence-corrected chi connectivity index (χ4v) is 3.84. The molecule has 0 amide bonds. The zero-order valence-electron chi connectivity index (χ0n) is 21.5. The van der Waals surface area contributed by atoms with Gasteiger partial charge in [-0.3, -0.25) is 9.78 Å². The summed E-state index contributed by atoms with van der Waals surface area (Å²) in [6, 6.07) is 36.3. The maximum atomic E-state index is 12.4. The number of hydrogen-bond acceptors (Lipinski definition) is 7. The van der Waals surface area contributed by atoms with E-state index < -0.39 is 5.56 Å². The van der Waals surface area contributed by atoms with E-state index in [0.717, 1.165) is 28.2 Å². The van der Waals surface area contributed by atoms with Crippen LogP contribution in [0.5, 0.6) is 11.5 Å². The largest absolute Gasteiger partial charge is 0.489 e. The summed E-state index contributed by atoms with van der Waals surface area (Å²) in [5.41, 5.74) is 6.07. The van der Waals surface area contributed by atoms with E-state index in [-0.39, 0.29) is 11.5 Å². The van der Waals surface area contributed by atoms with Crippen LogP contribution in [-0.2, 0) is 13.2 Å². The van der Waals surface area contributed by atoms with Crippen LogP contribution in [0.3, 0.4) is 0 Å². The summed E-state index contributed by atoms with van der Waals surface area (Å²) < 4.78 is 11.7. The predicted molar refractivity (Wildman–Crippen MR) is 154 cm³/mol. The van der Waals surface area contributed by atoms with E-state index in [1.807, 2.05) is 103 Å². The van der Waals surface area contributed by atoms with Crippen molar-refractivity contribution in [1.82, 2.24) is 9.97 Å². The van der Waals surface area contributed by atoms with E-state index in [1.165, 1.54) is 0 Å². The third-order valence-corrected chi connectivity index (χ3v) is 5.92. The molecule has 0 unspecified atom stereocenters. The van der Waals surface area contributed by atoms with Gasteiger partial charge < -0.3 is 9.47 Å². The van der Waals surface area contributed by atoms with Gasteiger partial charge in [0.05, 0.1) is 11.9 Å². The lowest BCUT2D eigenvalue weighted by molar-refractivity contribution is 0.301. The molecule has 5 aromatic rings. The molecule has 4 aromatic carbocycles. The number of H-pyrrole nitrogens is 1. The molecule has 196 valence electrons. The van der Waals surface area contributed by atoms with Crippen molar-refractivity contribution in [1.29, 1.82) is 5.26 Å². The van der Waals surface area contributed by atoms with Gasteiger partial charge in [-0.05, 0) is 53.1 Å².